The molecule has 1 aromatic carbocycles. The van der Waals surface area contributed by atoms with Crippen molar-refractivity contribution in [2.75, 3.05) is 6.54 Å². The minimum Gasteiger partial charge on any atom is -0.312 e. The Bertz CT molecular complexity index is 587. The zero-order chi connectivity index (χ0) is 15.2. The van der Waals surface area contributed by atoms with Gasteiger partial charge in [0.1, 0.15) is 5.03 Å². The van der Waals surface area contributed by atoms with Gasteiger partial charge in [0.05, 0.1) is 5.02 Å². The lowest BCUT2D eigenvalue weighted by molar-refractivity contribution is 0.550. The van der Waals surface area contributed by atoms with Gasteiger partial charge in [-0.25, -0.2) is 4.98 Å². The van der Waals surface area contributed by atoms with Gasteiger partial charge in [-0.05, 0) is 42.3 Å². The third-order valence-corrected chi connectivity index (χ3v) is 4.58. The highest BCUT2D eigenvalue weighted by molar-refractivity contribution is 9.10. The van der Waals surface area contributed by atoms with Gasteiger partial charge in [-0.1, -0.05) is 59.2 Å². The standard InChI is InChI=1S/C16H18BrClN2S/c1-11(2)8-19-9-12-3-4-13(17)7-15(12)21-16-6-5-14(18)10-20-16/h3-7,10-11,19H,8-9H2,1-2H3. The van der Waals surface area contributed by atoms with E-state index in [0.717, 1.165) is 22.6 Å². The molecular formula is C16H18BrClN2S. The number of halogens is 2. The van der Waals surface area contributed by atoms with Crippen LogP contribution < -0.4 is 5.32 Å². The van der Waals surface area contributed by atoms with Crippen LogP contribution in [0.5, 0.6) is 0 Å². The number of rotatable bonds is 6. The van der Waals surface area contributed by atoms with E-state index in [9.17, 15) is 0 Å². The quantitative estimate of drug-likeness (QED) is 0.721. The summed E-state index contributed by atoms with van der Waals surface area (Å²) in [6.45, 7) is 6.30. The van der Waals surface area contributed by atoms with Crippen LogP contribution in [0, 0.1) is 5.92 Å². The zero-order valence-corrected chi connectivity index (χ0v) is 15.2. The van der Waals surface area contributed by atoms with Gasteiger partial charge in [-0.2, -0.15) is 0 Å². The van der Waals surface area contributed by atoms with E-state index in [1.807, 2.05) is 12.1 Å². The molecule has 0 aliphatic carbocycles. The van der Waals surface area contributed by atoms with Gasteiger partial charge in [0.25, 0.3) is 0 Å². The Balaban J connectivity index is 2.12. The van der Waals surface area contributed by atoms with Crippen LogP contribution in [0.4, 0.5) is 0 Å². The minimum atomic E-state index is 0.648. The van der Waals surface area contributed by atoms with Crippen molar-refractivity contribution in [3.05, 3.63) is 51.6 Å². The summed E-state index contributed by atoms with van der Waals surface area (Å²) in [5, 5.41) is 5.09. The summed E-state index contributed by atoms with van der Waals surface area (Å²) in [7, 11) is 0. The van der Waals surface area contributed by atoms with Crippen LogP contribution in [-0.2, 0) is 6.54 Å². The second-order valence-electron chi connectivity index (χ2n) is 5.19. The first kappa shape index (κ1) is 16.8. The van der Waals surface area contributed by atoms with Crippen LogP contribution in [0.3, 0.4) is 0 Å². The maximum absolute atomic E-state index is 5.88. The fourth-order valence-electron chi connectivity index (χ4n) is 1.80. The van der Waals surface area contributed by atoms with Crippen molar-refractivity contribution in [2.45, 2.75) is 30.3 Å². The fraction of sp³-hybridized carbons (Fsp3) is 0.312. The highest BCUT2D eigenvalue weighted by Gasteiger charge is 2.07. The molecule has 112 valence electrons. The average Bonchev–Trinajstić information content (AvgIpc) is 2.43. The number of pyridine rings is 1. The number of benzene rings is 1. The van der Waals surface area contributed by atoms with Gasteiger partial charge < -0.3 is 5.32 Å². The molecule has 0 spiro atoms. The normalized spacial score (nSPS) is 11.1. The Labute approximate surface area is 143 Å². The first-order valence-corrected chi connectivity index (χ1v) is 8.82. The van der Waals surface area contributed by atoms with Gasteiger partial charge in [-0.3, -0.25) is 0 Å². The number of nitrogens with zero attached hydrogens (tertiary/aromatic N) is 1. The van der Waals surface area contributed by atoms with Crippen LogP contribution >= 0.6 is 39.3 Å². The van der Waals surface area contributed by atoms with Crippen molar-refractivity contribution in [1.82, 2.24) is 10.3 Å². The minimum absolute atomic E-state index is 0.648. The average molecular weight is 386 g/mol. The Kier molecular flexibility index (Phi) is 6.55. The molecule has 0 unspecified atom stereocenters. The van der Waals surface area contributed by atoms with Crippen LogP contribution in [0.2, 0.25) is 5.02 Å². The fourth-order valence-corrected chi connectivity index (χ4v) is 3.35. The van der Waals surface area contributed by atoms with Crippen LogP contribution in [-0.4, -0.2) is 11.5 Å². The molecule has 0 saturated heterocycles. The molecule has 0 aliphatic heterocycles. The molecule has 0 atom stereocenters. The molecule has 5 heteroatoms. The summed E-state index contributed by atoms with van der Waals surface area (Å²) in [6.07, 6.45) is 1.68. The van der Waals surface area contributed by atoms with E-state index in [1.54, 1.807) is 18.0 Å². The van der Waals surface area contributed by atoms with E-state index in [-0.39, 0.29) is 0 Å². The Morgan fingerprint density at radius 1 is 1.29 bits per heavy atom. The van der Waals surface area contributed by atoms with Crippen molar-refractivity contribution >= 4 is 39.3 Å². The third kappa shape index (κ3) is 5.62. The summed E-state index contributed by atoms with van der Waals surface area (Å²) in [6, 6.07) is 10.2. The molecule has 2 aromatic rings. The van der Waals surface area contributed by atoms with Crippen molar-refractivity contribution in [2.24, 2.45) is 5.92 Å². The van der Waals surface area contributed by atoms with E-state index in [1.165, 1.54) is 10.5 Å². The topological polar surface area (TPSA) is 24.9 Å². The molecule has 21 heavy (non-hydrogen) atoms. The molecule has 0 fully saturated rings. The Hall–Kier alpha value is -0.550. The highest BCUT2D eigenvalue weighted by Crippen LogP contribution is 2.31. The van der Waals surface area contributed by atoms with Crippen molar-refractivity contribution in [3.63, 3.8) is 0 Å². The molecule has 1 heterocycles. The van der Waals surface area contributed by atoms with Gasteiger partial charge in [-0.15, -0.1) is 0 Å². The molecule has 1 aromatic heterocycles. The van der Waals surface area contributed by atoms with Gasteiger partial charge >= 0.3 is 0 Å². The van der Waals surface area contributed by atoms with Crippen LogP contribution in [0.25, 0.3) is 0 Å². The number of hydrogen-bond donors (Lipinski definition) is 1. The molecule has 1 N–H and O–H groups in total. The zero-order valence-electron chi connectivity index (χ0n) is 12.1. The van der Waals surface area contributed by atoms with Gasteiger partial charge in [0.2, 0.25) is 0 Å². The third-order valence-electron chi connectivity index (χ3n) is 2.81. The molecule has 2 rings (SSSR count). The molecule has 0 bridgehead atoms. The van der Waals surface area contributed by atoms with E-state index in [2.05, 4.69) is 58.3 Å². The van der Waals surface area contributed by atoms with E-state index in [0.29, 0.717) is 10.9 Å². The molecule has 0 amide bonds. The predicted molar refractivity (Wildman–Crippen MR) is 94.1 cm³/mol. The second-order valence-corrected chi connectivity index (χ2v) is 7.61. The van der Waals surface area contributed by atoms with Crippen LogP contribution in [0.1, 0.15) is 19.4 Å². The maximum atomic E-state index is 5.88. The van der Waals surface area contributed by atoms with E-state index < -0.39 is 0 Å². The molecule has 0 saturated carbocycles. The van der Waals surface area contributed by atoms with Crippen LogP contribution in [0.15, 0.2) is 50.9 Å². The van der Waals surface area contributed by atoms with E-state index >= 15 is 0 Å². The predicted octanol–water partition coefficient (Wildman–Crippen LogP) is 5.39. The largest absolute Gasteiger partial charge is 0.312 e. The Morgan fingerprint density at radius 3 is 2.76 bits per heavy atom. The summed E-state index contributed by atoms with van der Waals surface area (Å²) >= 11 is 11.1. The lowest BCUT2D eigenvalue weighted by Crippen LogP contribution is -2.19. The van der Waals surface area contributed by atoms with Gasteiger partial charge in [0, 0.05) is 22.1 Å². The summed E-state index contributed by atoms with van der Waals surface area (Å²) < 4.78 is 1.08. The Morgan fingerprint density at radius 2 is 2.10 bits per heavy atom. The molecule has 0 radical (unpaired) electrons. The summed E-state index contributed by atoms with van der Waals surface area (Å²) in [4.78, 5) is 5.55. The second kappa shape index (κ2) is 8.18. The van der Waals surface area contributed by atoms with Crippen molar-refractivity contribution in [3.8, 4) is 0 Å². The number of hydrogen-bond acceptors (Lipinski definition) is 3. The van der Waals surface area contributed by atoms with E-state index in [4.69, 9.17) is 11.6 Å². The lowest BCUT2D eigenvalue weighted by Gasteiger charge is -2.12. The number of nitrogens with one attached hydrogen (secondary N) is 1. The molecular weight excluding hydrogens is 368 g/mol. The maximum Gasteiger partial charge on any atom is 0.101 e. The van der Waals surface area contributed by atoms with Crippen molar-refractivity contribution in [1.29, 1.82) is 0 Å². The monoisotopic (exact) mass is 384 g/mol. The number of aromatic nitrogens is 1. The SMILES string of the molecule is CC(C)CNCc1ccc(Br)cc1Sc1ccc(Cl)cn1. The molecule has 2 nitrogen and oxygen atoms in total. The van der Waals surface area contributed by atoms with Crippen molar-refractivity contribution < 1.29 is 0 Å². The highest BCUT2D eigenvalue weighted by atomic mass is 79.9. The first-order chi connectivity index (χ1) is 10.0. The first-order valence-electron chi connectivity index (χ1n) is 6.83. The lowest BCUT2D eigenvalue weighted by atomic mass is 10.2. The summed E-state index contributed by atoms with van der Waals surface area (Å²) in [5.74, 6) is 0.648. The summed E-state index contributed by atoms with van der Waals surface area (Å²) in [5.41, 5.74) is 1.28. The van der Waals surface area contributed by atoms with Gasteiger partial charge in [0.15, 0.2) is 0 Å². The smallest absolute Gasteiger partial charge is 0.101 e. The molecule has 0 aliphatic rings.